The second kappa shape index (κ2) is 6.63. The Balaban J connectivity index is 1.35. The highest BCUT2D eigenvalue weighted by Gasteiger charge is 2.75. The third-order valence-electron chi connectivity index (χ3n) is 13.5. The summed E-state index contributed by atoms with van der Waals surface area (Å²) in [5, 5.41) is 0. The number of rotatable bonds is 4. The average molecular weight is 538 g/mol. The molecule has 0 N–H and O–H groups in total. The molecular weight excluding hydrogens is 488 g/mol. The molecule has 0 radical (unpaired) electrons. The molecule has 0 heterocycles. The van der Waals surface area contributed by atoms with Crippen LogP contribution in [0.4, 0.5) is 0 Å². The van der Waals surface area contributed by atoms with Crippen molar-refractivity contribution in [2.24, 2.45) is 49.7 Å². The van der Waals surface area contributed by atoms with Gasteiger partial charge in [-0.1, -0.05) is 80.9 Å². The number of hydrogen-bond acceptors (Lipinski definition) is 0. The summed E-state index contributed by atoms with van der Waals surface area (Å²) in [4.78, 5) is 0. The fraction of sp³-hybridized carbons (Fsp3) is 0.824. The van der Waals surface area contributed by atoms with Crippen molar-refractivity contribution in [2.75, 3.05) is 0 Å². The predicted octanol–water partition coefficient (Wildman–Crippen LogP) is 10.3. The van der Waals surface area contributed by atoms with Crippen LogP contribution in [0.5, 0.6) is 0 Å². The van der Waals surface area contributed by atoms with Crippen LogP contribution < -0.4 is 0 Å². The van der Waals surface area contributed by atoms with E-state index in [1.807, 2.05) is 0 Å². The van der Waals surface area contributed by atoms with Crippen molar-refractivity contribution in [3.8, 4) is 0 Å². The van der Waals surface area contributed by atoms with Crippen LogP contribution in [0.25, 0.3) is 0 Å². The van der Waals surface area contributed by atoms with Crippen molar-refractivity contribution in [1.29, 1.82) is 0 Å². The van der Waals surface area contributed by atoms with E-state index in [0.29, 0.717) is 43.8 Å². The molecule has 0 aliphatic heterocycles. The molecule has 9 rings (SSSR count). The molecule has 1 aromatic rings. The summed E-state index contributed by atoms with van der Waals surface area (Å²) in [6.07, 6.45) is 18.2. The molecule has 8 fully saturated rings. The van der Waals surface area contributed by atoms with Crippen LogP contribution in [0.15, 0.2) is 30.3 Å². The molecule has 6 unspecified atom stereocenters. The summed E-state index contributed by atoms with van der Waals surface area (Å²) in [5.41, 5.74) is 5.41. The second-order valence-corrected chi connectivity index (χ2v) is 19.0. The molecule has 8 bridgehead atoms. The zero-order valence-electron chi connectivity index (χ0n) is 23.4. The highest BCUT2D eigenvalue weighted by atomic mass is 79.9. The molecule has 0 aromatic heterocycles. The van der Waals surface area contributed by atoms with E-state index in [0.717, 1.165) is 5.92 Å². The minimum Gasteiger partial charge on any atom is -0.0801 e. The normalized spacial score (nSPS) is 56.3. The fourth-order valence-electron chi connectivity index (χ4n) is 14.4. The van der Waals surface area contributed by atoms with Gasteiger partial charge in [0.2, 0.25) is 0 Å². The lowest BCUT2D eigenvalue weighted by Gasteiger charge is -2.79. The minimum atomic E-state index is 0.0350. The van der Waals surface area contributed by atoms with Gasteiger partial charge in [0.1, 0.15) is 0 Å². The smallest absolute Gasteiger partial charge is 0.0508 e. The Morgan fingerprint density at radius 1 is 0.686 bits per heavy atom. The van der Waals surface area contributed by atoms with E-state index < -0.39 is 0 Å². The van der Waals surface area contributed by atoms with Gasteiger partial charge in [0.05, 0.1) is 4.32 Å². The molecule has 6 atom stereocenters. The second-order valence-electron chi connectivity index (χ2n) is 17.4. The van der Waals surface area contributed by atoms with E-state index in [1.165, 1.54) is 63.4 Å². The number of hydrogen-bond donors (Lipinski definition) is 0. The molecule has 35 heavy (non-hydrogen) atoms. The third-order valence-corrected chi connectivity index (χ3v) is 14.6. The minimum absolute atomic E-state index is 0.0350. The van der Waals surface area contributed by atoms with E-state index in [9.17, 15) is 0 Å². The number of halogens is 1. The van der Waals surface area contributed by atoms with Gasteiger partial charge in [-0.25, -0.2) is 0 Å². The van der Waals surface area contributed by atoms with Gasteiger partial charge < -0.3 is 0 Å². The van der Waals surface area contributed by atoms with Gasteiger partial charge in [0.25, 0.3) is 0 Å². The molecule has 0 saturated heterocycles. The Hall–Kier alpha value is -0.300. The van der Waals surface area contributed by atoms with E-state index in [-0.39, 0.29) is 4.32 Å². The maximum atomic E-state index is 4.38. The van der Waals surface area contributed by atoms with Crippen LogP contribution >= 0.6 is 15.9 Å². The first kappa shape index (κ1) is 23.8. The van der Waals surface area contributed by atoms with E-state index in [1.54, 1.807) is 19.3 Å². The topological polar surface area (TPSA) is 0 Å². The fourth-order valence-corrected chi connectivity index (χ4v) is 15.2. The first-order valence-electron chi connectivity index (χ1n) is 14.9. The lowest BCUT2D eigenvalue weighted by molar-refractivity contribution is -0.291. The maximum Gasteiger partial charge on any atom is 0.0508 e. The van der Waals surface area contributed by atoms with Crippen molar-refractivity contribution >= 4 is 15.9 Å². The van der Waals surface area contributed by atoms with E-state index in [2.05, 4.69) is 87.8 Å². The summed E-state index contributed by atoms with van der Waals surface area (Å²) >= 11 is 4.38. The molecule has 192 valence electrons. The molecule has 8 aliphatic carbocycles. The standard InChI is InChI=1S/C34H49Br/c1-24(31(6,35)26-10-8-7-9-11-26)32-17-29(4)16-30(5,18-32)22-34(21-29,23-32)33-14-25-12-27(2,19-33)15-28(3,13-25)20-33/h7-11,24-25H,12-23H2,1-6H3. The Morgan fingerprint density at radius 3 is 1.74 bits per heavy atom. The molecule has 8 aliphatic rings. The van der Waals surface area contributed by atoms with Crippen molar-refractivity contribution < 1.29 is 0 Å². The van der Waals surface area contributed by atoms with Crippen LogP contribution in [-0.4, -0.2) is 0 Å². The summed E-state index contributed by atoms with van der Waals surface area (Å²) in [5.74, 6) is 1.64. The first-order valence-corrected chi connectivity index (χ1v) is 15.7. The Kier molecular flexibility index (Phi) is 4.51. The number of alkyl halides is 1. The zero-order chi connectivity index (χ0) is 24.8. The van der Waals surface area contributed by atoms with Crippen LogP contribution in [-0.2, 0) is 4.32 Å². The summed E-state index contributed by atoms with van der Waals surface area (Å²) in [6, 6.07) is 11.4. The molecule has 0 spiro atoms. The van der Waals surface area contributed by atoms with Crippen molar-refractivity contribution in [3.63, 3.8) is 0 Å². The first-order chi connectivity index (χ1) is 16.2. The molecule has 1 heteroatoms. The SMILES string of the molecule is CC(C12CC3(C)CC(C)(C1)CC(C14CC5CC(C)(CC(C)(C5)C1)C4)(C3)C2)C(C)(Br)c1ccccc1. The predicted molar refractivity (Wildman–Crippen MR) is 151 cm³/mol. The third kappa shape index (κ3) is 3.15. The molecule has 8 saturated carbocycles. The maximum absolute atomic E-state index is 4.38. The van der Waals surface area contributed by atoms with Gasteiger partial charge in [0.15, 0.2) is 0 Å². The summed E-state index contributed by atoms with van der Waals surface area (Å²) in [7, 11) is 0. The molecular formula is C34H49Br. The zero-order valence-corrected chi connectivity index (χ0v) is 25.0. The molecule has 0 nitrogen and oxygen atoms in total. The summed E-state index contributed by atoms with van der Waals surface area (Å²) < 4.78 is 0.0350. The van der Waals surface area contributed by atoms with Crippen molar-refractivity contribution in [2.45, 2.75) is 123 Å². The molecule has 1 aromatic carbocycles. The van der Waals surface area contributed by atoms with Gasteiger partial charge in [0, 0.05) is 0 Å². The Morgan fingerprint density at radius 2 is 1.20 bits per heavy atom. The summed E-state index contributed by atoms with van der Waals surface area (Å²) in [6.45, 7) is 16.0. The monoisotopic (exact) mass is 536 g/mol. The quantitative estimate of drug-likeness (QED) is 0.335. The number of benzene rings is 1. The average Bonchev–Trinajstić information content (AvgIpc) is 2.68. The highest BCUT2D eigenvalue weighted by Crippen LogP contribution is 2.85. The van der Waals surface area contributed by atoms with Gasteiger partial charge in [-0.15, -0.1) is 0 Å². The van der Waals surface area contributed by atoms with Crippen LogP contribution in [0.2, 0.25) is 0 Å². The Labute approximate surface area is 223 Å². The van der Waals surface area contributed by atoms with Crippen molar-refractivity contribution in [1.82, 2.24) is 0 Å². The van der Waals surface area contributed by atoms with Crippen LogP contribution in [0.3, 0.4) is 0 Å². The largest absolute Gasteiger partial charge is 0.0801 e. The Bertz CT molecular complexity index is 1010. The van der Waals surface area contributed by atoms with Gasteiger partial charge >= 0.3 is 0 Å². The molecule has 0 amide bonds. The van der Waals surface area contributed by atoms with Gasteiger partial charge in [-0.3, -0.25) is 0 Å². The van der Waals surface area contributed by atoms with E-state index in [4.69, 9.17) is 0 Å². The lowest BCUT2D eigenvalue weighted by atomic mass is 9.26. The van der Waals surface area contributed by atoms with Crippen LogP contribution in [0, 0.1) is 49.7 Å². The van der Waals surface area contributed by atoms with Crippen LogP contribution in [0.1, 0.15) is 124 Å². The van der Waals surface area contributed by atoms with Crippen molar-refractivity contribution in [3.05, 3.63) is 35.9 Å². The van der Waals surface area contributed by atoms with Gasteiger partial charge in [-0.2, -0.15) is 0 Å². The van der Waals surface area contributed by atoms with E-state index >= 15 is 0 Å². The van der Waals surface area contributed by atoms with Gasteiger partial charge in [-0.05, 0) is 139 Å². The highest BCUT2D eigenvalue weighted by molar-refractivity contribution is 9.09. The lowest BCUT2D eigenvalue weighted by Crippen LogP contribution is -2.70.